The average molecular weight is 450 g/mol. The molecular weight excluding hydrogens is 431 g/mol. The van der Waals surface area contributed by atoms with Gasteiger partial charge in [-0.15, -0.1) is 0 Å². The Morgan fingerprint density at radius 1 is 1.19 bits per heavy atom. The number of amides is 1. The number of hydrogen-bond acceptors (Lipinski definition) is 3. The minimum absolute atomic E-state index is 0. The molecule has 1 N–H and O–H groups in total. The second-order valence-electron chi connectivity index (χ2n) is 4.74. The third-order valence-corrected chi connectivity index (χ3v) is 3.20. The van der Waals surface area contributed by atoms with Gasteiger partial charge < -0.3 is 45.1 Å². The summed E-state index contributed by atoms with van der Waals surface area (Å²) in [6, 6.07) is 8.89. The van der Waals surface area contributed by atoms with Gasteiger partial charge in [0.25, 0.3) is 5.91 Å². The molecule has 0 aromatic heterocycles. The number of nitrogens with one attached hydrogen (secondary N) is 1. The van der Waals surface area contributed by atoms with Gasteiger partial charge in [-0.25, -0.2) is 0 Å². The van der Waals surface area contributed by atoms with E-state index in [0.717, 1.165) is 0 Å². The fraction of sp³-hybridized carbons (Fsp3) is 0.294. The van der Waals surface area contributed by atoms with Gasteiger partial charge in [0.05, 0.1) is 18.4 Å². The predicted octanol–water partition coefficient (Wildman–Crippen LogP) is -3.68. The number of rotatable bonds is 6. The maximum atomic E-state index is 12.3. The van der Waals surface area contributed by atoms with Gasteiger partial charge in [-0.2, -0.15) is 4.79 Å². The van der Waals surface area contributed by atoms with Crippen LogP contribution < -0.4 is 30.1 Å². The Hall–Kier alpha value is -1.49. The fourth-order valence-corrected chi connectivity index (χ4v) is 2.17. The summed E-state index contributed by atoms with van der Waals surface area (Å²) in [6.07, 6.45) is 2.69. The minimum atomic E-state index is -0.541. The van der Waals surface area contributed by atoms with E-state index >= 15 is 0 Å². The van der Waals surface area contributed by atoms with E-state index in [2.05, 4.69) is 10.1 Å². The van der Waals surface area contributed by atoms with Crippen LogP contribution in [0, 0.1) is 0 Å². The molecule has 6 nitrogen and oxygen atoms in total. The molecule has 1 unspecified atom stereocenters. The van der Waals surface area contributed by atoms with Crippen molar-refractivity contribution in [2.75, 3.05) is 13.2 Å². The quantitative estimate of drug-likeness (QED) is 0.276. The maximum Gasteiger partial charge on any atom is 2.00 e. The van der Waals surface area contributed by atoms with E-state index in [4.69, 9.17) is 15.0 Å². The average Bonchev–Trinajstić information content (AvgIpc) is 2.58. The van der Waals surface area contributed by atoms with Crippen molar-refractivity contribution in [2.45, 2.75) is 20.0 Å². The Morgan fingerprint density at radius 3 is 2.38 bits per heavy atom. The molecule has 26 heavy (non-hydrogen) atoms. The van der Waals surface area contributed by atoms with Gasteiger partial charge in [0.1, 0.15) is 5.76 Å². The topological polar surface area (TPSA) is 84.0 Å². The molecule has 136 valence electrons. The van der Waals surface area contributed by atoms with Gasteiger partial charge >= 0.3 is 25.2 Å². The molecule has 1 aliphatic carbocycles. The summed E-state index contributed by atoms with van der Waals surface area (Å²) in [5, 5.41) is 2.82. The first-order valence-electron chi connectivity index (χ1n) is 7.46. The van der Waals surface area contributed by atoms with Crippen LogP contribution >= 0.6 is 0 Å². The Balaban J connectivity index is 0. The van der Waals surface area contributed by atoms with Crippen molar-refractivity contribution in [3.8, 4) is 0 Å². The molecule has 0 aliphatic heterocycles. The Bertz CT molecular complexity index is 690. The van der Waals surface area contributed by atoms with Crippen molar-refractivity contribution in [3.05, 3.63) is 65.0 Å². The zero-order valence-electron chi connectivity index (χ0n) is 14.6. The summed E-state index contributed by atoms with van der Waals surface area (Å²) in [5.41, 5.74) is 10.5. The SMILES string of the molecule is CCOC1=CC(=[N+]=[N-])C(OCC)C=C1NC(=O)c1ccccc1.[Cl-].[Cl-].[Zn+2]. The zero-order chi connectivity index (χ0) is 16.7. The predicted molar refractivity (Wildman–Crippen MR) is 85.7 cm³/mol. The van der Waals surface area contributed by atoms with Crippen LogP contribution in [0.1, 0.15) is 24.2 Å². The number of ether oxygens (including phenoxy) is 2. The summed E-state index contributed by atoms with van der Waals surface area (Å²) in [7, 11) is 0. The Morgan fingerprint density at radius 2 is 1.85 bits per heavy atom. The summed E-state index contributed by atoms with van der Waals surface area (Å²) in [5.74, 6) is 0.183. The molecule has 0 heterocycles. The molecule has 0 saturated heterocycles. The fourth-order valence-electron chi connectivity index (χ4n) is 2.17. The van der Waals surface area contributed by atoms with Gasteiger partial charge in [-0.3, -0.25) is 4.79 Å². The zero-order valence-corrected chi connectivity index (χ0v) is 19.1. The van der Waals surface area contributed by atoms with Crippen LogP contribution in [0.5, 0.6) is 0 Å². The number of halogens is 2. The second-order valence-corrected chi connectivity index (χ2v) is 4.74. The molecule has 0 bridgehead atoms. The standard InChI is InChI=1S/C17H19N3O3.2ClH.Zn/c1-3-22-15-11-14(20-18)16(23-4-2)10-13(15)19-17(21)12-8-6-5-7-9-12;;;/h5-11,16H,3-4H2,1-2H3,(H,19,21);2*1H;/q;;;+2/p-2. The van der Waals surface area contributed by atoms with Crippen molar-refractivity contribution in [2.24, 2.45) is 0 Å². The second kappa shape index (κ2) is 13.7. The molecule has 1 atom stereocenters. The molecule has 0 spiro atoms. The van der Waals surface area contributed by atoms with E-state index in [1.54, 1.807) is 36.4 Å². The minimum Gasteiger partial charge on any atom is -1.00 e. The van der Waals surface area contributed by atoms with Gasteiger partial charge in [-0.05, 0) is 32.1 Å². The third-order valence-electron chi connectivity index (χ3n) is 3.20. The van der Waals surface area contributed by atoms with Crippen LogP contribution in [0.2, 0.25) is 0 Å². The van der Waals surface area contributed by atoms with Crippen LogP contribution in [0.15, 0.2) is 53.9 Å². The van der Waals surface area contributed by atoms with E-state index in [9.17, 15) is 4.79 Å². The summed E-state index contributed by atoms with van der Waals surface area (Å²) >= 11 is 0. The molecule has 1 aromatic rings. The molecule has 0 radical (unpaired) electrons. The molecule has 9 heteroatoms. The monoisotopic (exact) mass is 447 g/mol. The number of nitrogens with zero attached hydrogens (tertiary/aromatic N) is 2. The van der Waals surface area contributed by atoms with Crippen molar-refractivity contribution in [1.29, 1.82) is 0 Å². The van der Waals surface area contributed by atoms with Gasteiger partial charge in [-0.1, -0.05) is 18.2 Å². The number of carbonyl (C=O) groups is 1. The summed E-state index contributed by atoms with van der Waals surface area (Å²) < 4.78 is 11.0. The Labute approximate surface area is 178 Å². The molecule has 0 saturated carbocycles. The van der Waals surface area contributed by atoms with Crippen molar-refractivity contribution in [1.82, 2.24) is 5.32 Å². The third kappa shape index (κ3) is 7.02. The van der Waals surface area contributed by atoms with Crippen LogP contribution in [-0.2, 0) is 29.0 Å². The van der Waals surface area contributed by atoms with Gasteiger partial charge in [0, 0.05) is 12.2 Å². The molecule has 0 fully saturated rings. The van der Waals surface area contributed by atoms with Crippen molar-refractivity contribution < 1.29 is 63.4 Å². The first kappa shape index (κ1) is 26.7. The van der Waals surface area contributed by atoms with Crippen molar-refractivity contribution >= 4 is 11.6 Å². The van der Waals surface area contributed by atoms with Crippen molar-refractivity contribution in [3.63, 3.8) is 0 Å². The first-order chi connectivity index (χ1) is 11.2. The van der Waals surface area contributed by atoms with E-state index in [-0.39, 0.29) is 50.2 Å². The smallest absolute Gasteiger partial charge is 1.00 e. The Kier molecular flexibility index (Phi) is 14.1. The van der Waals surface area contributed by atoms with E-state index in [0.29, 0.717) is 35.9 Å². The van der Waals surface area contributed by atoms with Crippen LogP contribution in [0.25, 0.3) is 5.53 Å². The molecular formula is C17H19Cl2N3O3Zn. The summed E-state index contributed by atoms with van der Waals surface area (Å²) in [4.78, 5) is 15.6. The molecule has 1 aromatic carbocycles. The van der Waals surface area contributed by atoms with E-state index in [1.807, 2.05) is 19.9 Å². The largest absolute Gasteiger partial charge is 2.00 e. The van der Waals surface area contributed by atoms with Gasteiger partial charge in [0.2, 0.25) is 0 Å². The summed E-state index contributed by atoms with van der Waals surface area (Å²) in [6.45, 7) is 4.54. The number of carbonyl (C=O) groups excluding carboxylic acids is 1. The maximum absolute atomic E-state index is 12.3. The number of benzene rings is 1. The molecule has 1 amide bonds. The van der Waals surface area contributed by atoms with E-state index in [1.165, 1.54) is 0 Å². The van der Waals surface area contributed by atoms with Crippen LogP contribution in [0.3, 0.4) is 0 Å². The van der Waals surface area contributed by atoms with Gasteiger partial charge in [0.15, 0.2) is 6.10 Å². The van der Waals surface area contributed by atoms with Crippen LogP contribution in [-0.4, -0.2) is 35.7 Å². The normalized spacial score (nSPS) is 15.0. The molecule has 2 rings (SSSR count). The first-order valence-corrected chi connectivity index (χ1v) is 7.46. The van der Waals surface area contributed by atoms with Crippen LogP contribution in [0.4, 0.5) is 0 Å². The number of hydrogen-bond donors (Lipinski definition) is 1. The molecule has 1 aliphatic rings. The van der Waals surface area contributed by atoms with E-state index < -0.39 is 6.10 Å².